The zero-order valence-electron chi connectivity index (χ0n) is 13.5. The molecule has 2 aromatic rings. The van der Waals surface area contributed by atoms with Gasteiger partial charge in [0.05, 0.1) is 11.8 Å². The third kappa shape index (κ3) is 4.10. The molecule has 1 atom stereocenters. The topological polar surface area (TPSA) is 54.9 Å². The molecule has 3 rings (SSSR count). The molecule has 1 aromatic heterocycles. The Hall–Kier alpha value is -1.88. The summed E-state index contributed by atoms with van der Waals surface area (Å²) in [6.45, 7) is 3.81. The molecule has 0 saturated carbocycles. The number of aromatic nitrogens is 2. The van der Waals surface area contributed by atoms with Crippen molar-refractivity contribution >= 4 is 17.7 Å². The molecule has 0 bridgehead atoms. The molecule has 1 unspecified atom stereocenters. The van der Waals surface area contributed by atoms with Gasteiger partial charge in [0.25, 0.3) is 0 Å². The monoisotopic (exact) mass is 327 g/mol. The number of fused-ring (bicyclic) bond motifs is 1. The number of benzene rings is 1. The van der Waals surface area contributed by atoms with Crippen molar-refractivity contribution in [3.05, 3.63) is 53.0 Å². The minimum Gasteiger partial charge on any atom is -0.349 e. The van der Waals surface area contributed by atoms with Gasteiger partial charge in [-0.15, -0.1) is 0 Å². The van der Waals surface area contributed by atoms with Crippen molar-refractivity contribution in [3.63, 3.8) is 0 Å². The summed E-state index contributed by atoms with van der Waals surface area (Å²) < 4.78 is 0. The van der Waals surface area contributed by atoms with Crippen LogP contribution in [0.4, 0.5) is 0 Å². The van der Waals surface area contributed by atoms with Crippen LogP contribution >= 0.6 is 11.8 Å². The van der Waals surface area contributed by atoms with Gasteiger partial charge in [0.1, 0.15) is 10.9 Å². The van der Waals surface area contributed by atoms with Crippen molar-refractivity contribution in [2.24, 2.45) is 0 Å². The van der Waals surface area contributed by atoms with Crippen LogP contribution < -0.4 is 5.32 Å². The fourth-order valence-electron chi connectivity index (χ4n) is 3.04. The number of nitrogens with zero attached hydrogens (tertiary/aromatic N) is 2. The molecule has 1 heterocycles. The standard InChI is InChI=1S/C18H21N3OS/c1-12-10-18(20-13(2)19-12)23-11-17(22)21-16-9-5-7-14-6-3-4-8-15(14)16/h3-4,6,8,10,16H,5,7,9,11H2,1-2H3,(H,21,22). The van der Waals surface area contributed by atoms with E-state index in [1.807, 2.05) is 26.0 Å². The number of aryl methyl sites for hydroxylation is 3. The van der Waals surface area contributed by atoms with E-state index in [-0.39, 0.29) is 11.9 Å². The van der Waals surface area contributed by atoms with Crippen LogP contribution in [0.3, 0.4) is 0 Å². The lowest BCUT2D eigenvalue weighted by atomic mass is 9.88. The number of carbonyl (C=O) groups excluding carboxylic acids is 1. The molecule has 0 spiro atoms. The number of rotatable bonds is 4. The summed E-state index contributed by atoms with van der Waals surface area (Å²) >= 11 is 1.46. The number of hydrogen-bond donors (Lipinski definition) is 1. The normalized spacial score (nSPS) is 16.7. The van der Waals surface area contributed by atoms with Gasteiger partial charge in [-0.3, -0.25) is 4.79 Å². The smallest absolute Gasteiger partial charge is 0.230 e. The molecule has 1 aliphatic carbocycles. The third-order valence-corrected chi connectivity index (χ3v) is 4.91. The number of nitrogens with one attached hydrogen (secondary N) is 1. The van der Waals surface area contributed by atoms with E-state index in [0.29, 0.717) is 5.75 Å². The zero-order valence-corrected chi connectivity index (χ0v) is 14.3. The average Bonchev–Trinajstić information content (AvgIpc) is 2.52. The van der Waals surface area contributed by atoms with E-state index in [9.17, 15) is 4.79 Å². The molecule has 0 saturated heterocycles. The Balaban J connectivity index is 1.60. The van der Waals surface area contributed by atoms with Gasteiger partial charge < -0.3 is 5.32 Å². The van der Waals surface area contributed by atoms with Crippen LogP contribution in [0.15, 0.2) is 35.4 Å². The minimum absolute atomic E-state index is 0.0608. The van der Waals surface area contributed by atoms with Gasteiger partial charge in [0.2, 0.25) is 5.91 Å². The molecule has 120 valence electrons. The first-order valence-electron chi connectivity index (χ1n) is 7.94. The summed E-state index contributed by atoms with van der Waals surface area (Å²) in [7, 11) is 0. The van der Waals surface area contributed by atoms with E-state index in [2.05, 4.69) is 33.5 Å². The van der Waals surface area contributed by atoms with Crippen molar-refractivity contribution in [2.75, 3.05) is 5.75 Å². The Bertz CT molecular complexity index is 697. The van der Waals surface area contributed by atoms with Crippen LogP contribution in [0.5, 0.6) is 0 Å². The van der Waals surface area contributed by atoms with Gasteiger partial charge in [-0.05, 0) is 50.3 Å². The Labute approximate surface area is 141 Å². The molecule has 4 nitrogen and oxygen atoms in total. The Kier molecular flexibility index (Phi) is 4.96. The van der Waals surface area contributed by atoms with Gasteiger partial charge in [0, 0.05) is 5.69 Å². The van der Waals surface area contributed by atoms with Crippen molar-refractivity contribution in [1.29, 1.82) is 0 Å². The van der Waals surface area contributed by atoms with E-state index >= 15 is 0 Å². The summed E-state index contributed by atoms with van der Waals surface area (Å²) in [5.41, 5.74) is 3.56. The van der Waals surface area contributed by atoms with E-state index in [0.717, 1.165) is 35.8 Å². The van der Waals surface area contributed by atoms with Crippen molar-refractivity contribution in [3.8, 4) is 0 Å². The van der Waals surface area contributed by atoms with Crippen LogP contribution in [0, 0.1) is 13.8 Å². The maximum atomic E-state index is 12.3. The van der Waals surface area contributed by atoms with Gasteiger partial charge >= 0.3 is 0 Å². The second kappa shape index (κ2) is 7.13. The molecule has 0 fully saturated rings. The lowest BCUT2D eigenvalue weighted by molar-refractivity contribution is -0.119. The molecule has 1 N–H and O–H groups in total. The third-order valence-electron chi connectivity index (χ3n) is 4.00. The largest absolute Gasteiger partial charge is 0.349 e. The molecular formula is C18H21N3OS. The van der Waals surface area contributed by atoms with Crippen LogP contribution in [0.25, 0.3) is 0 Å². The first-order chi connectivity index (χ1) is 11.1. The van der Waals surface area contributed by atoms with Crippen LogP contribution in [0.1, 0.15) is 41.5 Å². The Morgan fingerprint density at radius 2 is 2.13 bits per heavy atom. The van der Waals surface area contributed by atoms with Crippen LogP contribution in [-0.4, -0.2) is 21.6 Å². The first-order valence-corrected chi connectivity index (χ1v) is 8.92. The predicted molar refractivity (Wildman–Crippen MR) is 92.5 cm³/mol. The van der Waals surface area contributed by atoms with E-state index in [1.165, 1.54) is 22.9 Å². The fraction of sp³-hybridized carbons (Fsp3) is 0.389. The summed E-state index contributed by atoms with van der Waals surface area (Å²) in [5.74, 6) is 1.19. The lowest BCUT2D eigenvalue weighted by Crippen LogP contribution is -2.32. The maximum Gasteiger partial charge on any atom is 0.230 e. The molecular weight excluding hydrogens is 306 g/mol. The highest BCUT2D eigenvalue weighted by molar-refractivity contribution is 7.99. The predicted octanol–water partition coefficient (Wildman–Crippen LogP) is 3.38. The lowest BCUT2D eigenvalue weighted by Gasteiger charge is -2.26. The molecule has 1 aromatic carbocycles. The number of hydrogen-bond acceptors (Lipinski definition) is 4. The summed E-state index contributed by atoms with van der Waals surface area (Å²) in [6, 6.07) is 10.5. The molecule has 0 aliphatic heterocycles. The highest BCUT2D eigenvalue weighted by Crippen LogP contribution is 2.29. The van der Waals surface area contributed by atoms with E-state index in [4.69, 9.17) is 0 Å². The van der Waals surface area contributed by atoms with Crippen molar-refractivity contribution < 1.29 is 4.79 Å². The molecule has 0 radical (unpaired) electrons. The van der Waals surface area contributed by atoms with Gasteiger partial charge in [-0.25, -0.2) is 9.97 Å². The SMILES string of the molecule is Cc1cc(SCC(=O)NC2CCCc3ccccc32)nc(C)n1. The highest BCUT2D eigenvalue weighted by atomic mass is 32.2. The van der Waals surface area contributed by atoms with Crippen molar-refractivity contribution in [2.45, 2.75) is 44.2 Å². The highest BCUT2D eigenvalue weighted by Gasteiger charge is 2.21. The van der Waals surface area contributed by atoms with Gasteiger partial charge in [0.15, 0.2) is 0 Å². The molecule has 5 heteroatoms. The second-order valence-corrected chi connectivity index (χ2v) is 6.89. The summed E-state index contributed by atoms with van der Waals surface area (Å²) in [6.07, 6.45) is 3.25. The maximum absolute atomic E-state index is 12.3. The molecule has 1 amide bonds. The average molecular weight is 327 g/mol. The minimum atomic E-state index is 0.0608. The number of amides is 1. The molecule has 23 heavy (non-hydrogen) atoms. The van der Waals surface area contributed by atoms with Crippen molar-refractivity contribution in [1.82, 2.24) is 15.3 Å². The van der Waals surface area contributed by atoms with Gasteiger partial charge in [-0.1, -0.05) is 36.0 Å². The quantitative estimate of drug-likeness (QED) is 0.691. The Morgan fingerprint density at radius 1 is 1.30 bits per heavy atom. The van der Waals surface area contributed by atoms with Crippen LogP contribution in [-0.2, 0) is 11.2 Å². The van der Waals surface area contributed by atoms with Crippen LogP contribution in [0.2, 0.25) is 0 Å². The van der Waals surface area contributed by atoms with E-state index < -0.39 is 0 Å². The fourth-order valence-corrected chi connectivity index (χ4v) is 3.85. The zero-order chi connectivity index (χ0) is 16.2. The van der Waals surface area contributed by atoms with Gasteiger partial charge in [-0.2, -0.15) is 0 Å². The molecule has 1 aliphatic rings. The number of carbonyl (C=O) groups is 1. The van der Waals surface area contributed by atoms with E-state index in [1.54, 1.807) is 0 Å². The number of thioether (sulfide) groups is 1. The summed E-state index contributed by atoms with van der Waals surface area (Å²) in [4.78, 5) is 20.9. The summed E-state index contributed by atoms with van der Waals surface area (Å²) in [5, 5.41) is 4.03. The second-order valence-electron chi connectivity index (χ2n) is 5.89. The Morgan fingerprint density at radius 3 is 2.96 bits per heavy atom. The first kappa shape index (κ1) is 16.0.